The van der Waals surface area contributed by atoms with Crippen molar-refractivity contribution in [3.8, 4) is 11.5 Å². The molecule has 142 valence electrons. The van der Waals surface area contributed by atoms with Gasteiger partial charge in [-0.3, -0.25) is 4.79 Å². The number of esters is 1. The lowest BCUT2D eigenvalue weighted by atomic mass is 10.1. The lowest BCUT2D eigenvalue weighted by molar-refractivity contribution is -0.124. The summed E-state index contributed by atoms with van der Waals surface area (Å²) < 4.78 is 16.0. The molecular weight excluding hydrogens is 372 g/mol. The van der Waals surface area contributed by atoms with Gasteiger partial charge in [-0.1, -0.05) is 17.7 Å². The monoisotopic (exact) mass is 390 g/mol. The minimum Gasteiger partial charge on any atom is -0.486 e. The van der Waals surface area contributed by atoms with E-state index < -0.39 is 18.5 Å². The van der Waals surface area contributed by atoms with Gasteiger partial charge in [0.25, 0.3) is 5.91 Å². The van der Waals surface area contributed by atoms with Crippen LogP contribution in [0.1, 0.15) is 15.9 Å². The summed E-state index contributed by atoms with van der Waals surface area (Å²) in [6, 6.07) is 10.1. The fraction of sp³-hybridized carbons (Fsp3) is 0.263. The minimum absolute atomic E-state index is 0.131. The van der Waals surface area contributed by atoms with E-state index in [4.69, 9.17) is 31.5 Å². The molecule has 1 aliphatic rings. The van der Waals surface area contributed by atoms with Crippen LogP contribution in [-0.4, -0.2) is 38.2 Å². The van der Waals surface area contributed by atoms with Gasteiger partial charge in [0.15, 0.2) is 18.1 Å². The Morgan fingerprint density at radius 2 is 1.89 bits per heavy atom. The number of benzene rings is 2. The van der Waals surface area contributed by atoms with Crippen LogP contribution in [0, 0.1) is 0 Å². The van der Waals surface area contributed by atoms with E-state index in [1.807, 2.05) is 18.2 Å². The summed E-state index contributed by atoms with van der Waals surface area (Å²) in [5, 5.41) is 3.06. The Morgan fingerprint density at radius 1 is 1.11 bits per heavy atom. The number of carbonyl (C=O) groups excluding carboxylic acids is 2. The van der Waals surface area contributed by atoms with Crippen molar-refractivity contribution in [1.29, 1.82) is 0 Å². The summed E-state index contributed by atoms with van der Waals surface area (Å²) in [6.45, 7) is 1.07. The van der Waals surface area contributed by atoms with Gasteiger partial charge in [-0.2, -0.15) is 0 Å². The maximum Gasteiger partial charge on any atom is 0.340 e. The molecule has 1 aliphatic heterocycles. The molecular formula is C19H19ClN2O5. The fourth-order valence-corrected chi connectivity index (χ4v) is 2.73. The second-order valence-electron chi connectivity index (χ2n) is 5.89. The standard InChI is InChI=1S/C19H19ClN2O5/c20-13-2-3-15(21)14(10-13)19(24)27-11-18(23)22-6-5-12-1-4-16-17(9-12)26-8-7-25-16/h1-4,9-10H,5-8,11,21H2,(H,22,23). The van der Waals surface area contributed by atoms with E-state index in [2.05, 4.69) is 5.32 Å². The van der Waals surface area contributed by atoms with E-state index >= 15 is 0 Å². The van der Waals surface area contributed by atoms with Crippen LogP contribution in [0.25, 0.3) is 0 Å². The molecule has 0 bridgehead atoms. The number of ether oxygens (including phenoxy) is 3. The predicted octanol–water partition coefficient (Wildman–Crippen LogP) is 2.21. The first kappa shape index (κ1) is 18.8. The molecule has 2 aromatic carbocycles. The highest BCUT2D eigenvalue weighted by Gasteiger charge is 2.14. The van der Waals surface area contributed by atoms with E-state index in [1.165, 1.54) is 12.1 Å². The lowest BCUT2D eigenvalue weighted by Gasteiger charge is -2.18. The number of hydrogen-bond donors (Lipinski definition) is 2. The van der Waals surface area contributed by atoms with Crippen LogP contribution in [-0.2, 0) is 16.0 Å². The number of nitrogen functional groups attached to an aromatic ring is 1. The molecule has 2 aromatic rings. The van der Waals surface area contributed by atoms with Crippen LogP contribution < -0.4 is 20.5 Å². The molecule has 1 amide bonds. The molecule has 27 heavy (non-hydrogen) atoms. The van der Waals surface area contributed by atoms with Gasteiger partial charge < -0.3 is 25.3 Å². The van der Waals surface area contributed by atoms with Crippen LogP contribution in [0.2, 0.25) is 5.02 Å². The van der Waals surface area contributed by atoms with E-state index in [0.29, 0.717) is 37.0 Å². The third-order valence-corrected chi connectivity index (χ3v) is 4.15. The third-order valence-electron chi connectivity index (χ3n) is 3.91. The number of carbonyl (C=O) groups is 2. The summed E-state index contributed by atoms with van der Waals surface area (Å²) in [4.78, 5) is 23.9. The topological polar surface area (TPSA) is 99.9 Å². The Kier molecular flexibility index (Phi) is 6.03. The van der Waals surface area contributed by atoms with Crippen molar-refractivity contribution in [3.63, 3.8) is 0 Å². The smallest absolute Gasteiger partial charge is 0.340 e. The number of anilines is 1. The van der Waals surface area contributed by atoms with Crippen molar-refractivity contribution in [3.05, 3.63) is 52.5 Å². The normalized spacial score (nSPS) is 12.3. The number of halogens is 1. The average molecular weight is 391 g/mol. The molecule has 1 heterocycles. The summed E-state index contributed by atoms with van der Waals surface area (Å²) in [6.07, 6.45) is 0.609. The molecule has 7 nitrogen and oxygen atoms in total. The molecule has 0 atom stereocenters. The molecule has 8 heteroatoms. The zero-order valence-corrected chi connectivity index (χ0v) is 15.3. The van der Waals surface area contributed by atoms with Crippen molar-refractivity contribution >= 4 is 29.2 Å². The fourth-order valence-electron chi connectivity index (χ4n) is 2.55. The molecule has 0 fully saturated rings. The maximum absolute atomic E-state index is 12.0. The van der Waals surface area contributed by atoms with Gasteiger partial charge >= 0.3 is 5.97 Å². The Hall–Kier alpha value is -2.93. The van der Waals surface area contributed by atoms with Crippen molar-refractivity contribution in [2.75, 3.05) is 32.1 Å². The highest BCUT2D eigenvalue weighted by atomic mass is 35.5. The number of nitrogens with two attached hydrogens (primary N) is 1. The largest absolute Gasteiger partial charge is 0.486 e. The summed E-state index contributed by atoms with van der Waals surface area (Å²) in [5.74, 6) is 0.331. The molecule has 3 N–H and O–H groups in total. The van der Waals surface area contributed by atoms with E-state index in [9.17, 15) is 9.59 Å². The molecule has 3 rings (SSSR count). The molecule has 0 saturated heterocycles. The van der Waals surface area contributed by atoms with Gasteiger partial charge in [-0.15, -0.1) is 0 Å². The van der Waals surface area contributed by atoms with Crippen LogP contribution in [0.5, 0.6) is 11.5 Å². The van der Waals surface area contributed by atoms with Gasteiger partial charge in [0, 0.05) is 17.3 Å². The first-order valence-corrected chi connectivity index (χ1v) is 8.78. The lowest BCUT2D eigenvalue weighted by Crippen LogP contribution is -2.30. The van der Waals surface area contributed by atoms with Crippen LogP contribution in [0.15, 0.2) is 36.4 Å². The number of fused-ring (bicyclic) bond motifs is 1. The van der Waals surface area contributed by atoms with Crippen LogP contribution in [0.3, 0.4) is 0 Å². The first-order valence-electron chi connectivity index (χ1n) is 8.40. The summed E-state index contributed by atoms with van der Waals surface area (Å²) in [5.41, 5.74) is 7.08. The van der Waals surface area contributed by atoms with Gasteiger partial charge in [0.05, 0.1) is 5.56 Å². The summed E-state index contributed by atoms with van der Waals surface area (Å²) in [7, 11) is 0. The number of nitrogens with one attached hydrogen (secondary N) is 1. The van der Waals surface area contributed by atoms with Gasteiger partial charge in [-0.25, -0.2) is 4.79 Å². The first-order chi connectivity index (χ1) is 13.0. The molecule has 0 radical (unpaired) electrons. The van der Waals surface area contributed by atoms with Crippen molar-refractivity contribution in [1.82, 2.24) is 5.32 Å². The molecule has 0 saturated carbocycles. The quantitative estimate of drug-likeness (QED) is 0.579. The van der Waals surface area contributed by atoms with Crippen LogP contribution in [0.4, 0.5) is 5.69 Å². The van der Waals surface area contributed by atoms with E-state index in [-0.39, 0.29) is 11.3 Å². The van der Waals surface area contributed by atoms with E-state index in [1.54, 1.807) is 6.07 Å². The molecule has 0 aliphatic carbocycles. The van der Waals surface area contributed by atoms with Crippen molar-refractivity contribution in [2.24, 2.45) is 0 Å². The Balaban J connectivity index is 1.43. The predicted molar refractivity (Wildman–Crippen MR) is 100 cm³/mol. The highest BCUT2D eigenvalue weighted by molar-refractivity contribution is 6.31. The van der Waals surface area contributed by atoms with Crippen molar-refractivity contribution in [2.45, 2.75) is 6.42 Å². The highest BCUT2D eigenvalue weighted by Crippen LogP contribution is 2.30. The van der Waals surface area contributed by atoms with Crippen molar-refractivity contribution < 1.29 is 23.8 Å². The zero-order valence-electron chi connectivity index (χ0n) is 14.5. The number of rotatable bonds is 6. The Labute approximate surface area is 161 Å². The second-order valence-corrected chi connectivity index (χ2v) is 6.32. The molecule has 0 spiro atoms. The van der Waals surface area contributed by atoms with Gasteiger partial charge in [0.2, 0.25) is 0 Å². The maximum atomic E-state index is 12.0. The third kappa shape index (κ3) is 5.04. The summed E-state index contributed by atoms with van der Waals surface area (Å²) >= 11 is 5.84. The molecule has 0 aromatic heterocycles. The SMILES string of the molecule is Nc1ccc(Cl)cc1C(=O)OCC(=O)NCCc1ccc2c(c1)OCCO2. The van der Waals surface area contributed by atoms with Crippen LogP contribution >= 0.6 is 11.6 Å². The second kappa shape index (κ2) is 8.64. The number of amides is 1. The zero-order chi connectivity index (χ0) is 19.2. The molecule has 0 unspecified atom stereocenters. The van der Waals surface area contributed by atoms with E-state index in [0.717, 1.165) is 11.3 Å². The van der Waals surface area contributed by atoms with Gasteiger partial charge in [-0.05, 0) is 42.3 Å². The Morgan fingerprint density at radius 3 is 2.70 bits per heavy atom. The Bertz CT molecular complexity index is 856. The minimum atomic E-state index is -0.697. The van der Waals surface area contributed by atoms with Gasteiger partial charge in [0.1, 0.15) is 13.2 Å². The number of hydrogen-bond acceptors (Lipinski definition) is 6. The average Bonchev–Trinajstić information content (AvgIpc) is 2.68.